The van der Waals surface area contributed by atoms with Crippen LogP contribution >= 0.6 is 35.7 Å². The molecule has 0 spiro atoms. The van der Waals surface area contributed by atoms with Crippen molar-refractivity contribution < 1.29 is 4.79 Å². The quantitative estimate of drug-likeness (QED) is 0.297. The van der Waals surface area contributed by atoms with Crippen LogP contribution < -0.4 is 10.2 Å². The third-order valence-electron chi connectivity index (χ3n) is 3.79. The van der Waals surface area contributed by atoms with Crippen molar-refractivity contribution in [1.29, 1.82) is 0 Å². The highest BCUT2D eigenvalue weighted by Gasteiger charge is 2.27. The summed E-state index contributed by atoms with van der Waals surface area (Å²) < 4.78 is 1.71. The number of aryl methyl sites for hydroxylation is 1. The van der Waals surface area contributed by atoms with Crippen molar-refractivity contribution in [2.24, 2.45) is 12.0 Å². The molecule has 0 aromatic carbocycles. The molecule has 136 valence electrons. The number of aromatic nitrogens is 2. The minimum atomic E-state index is 0. The third-order valence-corrected chi connectivity index (χ3v) is 4.49. The van der Waals surface area contributed by atoms with Gasteiger partial charge in [0.25, 0.3) is 0 Å². The van der Waals surface area contributed by atoms with Gasteiger partial charge in [-0.3, -0.25) is 14.5 Å². The van der Waals surface area contributed by atoms with Crippen molar-refractivity contribution in [2.75, 3.05) is 50.1 Å². The number of hydrogen-bond acceptors (Lipinski definition) is 4. The van der Waals surface area contributed by atoms with E-state index in [0.717, 1.165) is 31.2 Å². The van der Waals surface area contributed by atoms with E-state index < -0.39 is 0 Å². The number of aliphatic imine (C=N–C) groups is 1. The number of nitrogens with zero attached hydrogens (tertiary/aromatic N) is 5. The molecule has 1 amide bonds. The highest BCUT2D eigenvalue weighted by atomic mass is 127. The van der Waals surface area contributed by atoms with Gasteiger partial charge in [-0.1, -0.05) is 0 Å². The lowest BCUT2D eigenvalue weighted by Crippen LogP contribution is -2.55. The van der Waals surface area contributed by atoms with Crippen LogP contribution in [0, 0.1) is 0 Å². The second-order valence-electron chi connectivity index (χ2n) is 5.51. The van der Waals surface area contributed by atoms with Crippen LogP contribution in [0.15, 0.2) is 17.4 Å². The molecule has 1 aromatic rings. The first-order valence-electron chi connectivity index (χ1n) is 7.89. The van der Waals surface area contributed by atoms with Crippen LogP contribution in [-0.2, 0) is 11.8 Å². The van der Waals surface area contributed by atoms with Gasteiger partial charge < -0.3 is 15.1 Å². The number of hydrogen-bond donors (Lipinski definition) is 1. The van der Waals surface area contributed by atoms with Crippen molar-refractivity contribution in [2.45, 2.75) is 12.8 Å². The van der Waals surface area contributed by atoms with Gasteiger partial charge in [0.05, 0.1) is 11.9 Å². The molecule has 24 heavy (non-hydrogen) atoms. The Labute approximate surface area is 165 Å². The zero-order chi connectivity index (χ0) is 16.7. The van der Waals surface area contributed by atoms with Gasteiger partial charge in [-0.25, -0.2) is 0 Å². The first kappa shape index (κ1) is 21.1. The summed E-state index contributed by atoms with van der Waals surface area (Å²) in [5, 5.41) is 7.49. The van der Waals surface area contributed by atoms with Crippen LogP contribution in [0.4, 0.5) is 5.69 Å². The van der Waals surface area contributed by atoms with Crippen LogP contribution in [0.2, 0.25) is 0 Å². The Morgan fingerprint density at radius 2 is 2.21 bits per heavy atom. The smallest absolute Gasteiger partial charge is 0.246 e. The lowest BCUT2D eigenvalue weighted by Gasteiger charge is -2.35. The minimum Gasteiger partial charge on any atom is -0.356 e. The van der Waals surface area contributed by atoms with Gasteiger partial charge in [-0.15, -0.1) is 24.0 Å². The monoisotopic (exact) mass is 466 g/mol. The number of guanidine groups is 1. The maximum Gasteiger partial charge on any atom is 0.246 e. The maximum atomic E-state index is 12.4. The van der Waals surface area contributed by atoms with Gasteiger partial charge in [0.2, 0.25) is 5.91 Å². The summed E-state index contributed by atoms with van der Waals surface area (Å²) in [5.74, 6) is 2.07. The standard InChI is InChI=1S/C15H26N6OS.HI/c1-16-15(17-6-4-5-9-23-3)20-7-8-21(14(22)12-20)13-10-18-19(2)11-13;/h10-11H,4-9,12H2,1-3H3,(H,16,17);1H. The lowest BCUT2D eigenvalue weighted by molar-refractivity contribution is -0.120. The highest BCUT2D eigenvalue weighted by Crippen LogP contribution is 2.16. The van der Waals surface area contributed by atoms with Crippen molar-refractivity contribution in [1.82, 2.24) is 20.0 Å². The Kier molecular flexibility index (Phi) is 9.49. The fraction of sp³-hybridized carbons (Fsp3) is 0.667. The fourth-order valence-electron chi connectivity index (χ4n) is 2.58. The molecule has 1 aliphatic rings. The molecule has 1 fully saturated rings. The van der Waals surface area contributed by atoms with Gasteiger partial charge in [0.1, 0.15) is 6.54 Å². The fourth-order valence-corrected chi connectivity index (χ4v) is 3.07. The number of rotatable bonds is 6. The van der Waals surface area contributed by atoms with Gasteiger partial charge in [-0.05, 0) is 24.9 Å². The molecule has 0 bridgehead atoms. The normalized spacial score (nSPS) is 15.5. The van der Waals surface area contributed by atoms with E-state index in [1.54, 1.807) is 22.8 Å². The molecule has 2 rings (SSSR count). The zero-order valence-corrected chi connectivity index (χ0v) is 17.7. The van der Waals surface area contributed by atoms with Crippen LogP contribution in [-0.4, -0.2) is 71.8 Å². The number of unbranched alkanes of at least 4 members (excludes halogenated alkanes) is 1. The number of nitrogens with one attached hydrogen (secondary N) is 1. The van der Waals surface area contributed by atoms with Gasteiger partial charge in [0, 0.05) is 39.9 Å². The molecular formula is C15H27IN6OS. The van der Waals surface area contributed by atoms with Crippen LogP contribution in [0.1, 0.15) is 12.8 Å². The predicted molar refractivity (Wildman–Crippen MR) is 112 cm³/mol. The summed E-state index contributed by atoms with van der Waals surface area (Å²) in [6.45, 7) is 2.66. The number of thioether (sulfide) groups is 1. The van der Waals surface area contributed by atoms with E-state index >= 15 is 0 Å². The van der Waals surface area contributed by atoms with Crippen molar-refractivity contribution >= 4 is 53.3 Å². The molecule has 1 aromatic heterocycles. The zero-order valence-electron chi connectivity index (χ0n) is 14.6. The number of carbonyl (C=O) groups is 1. The summed E-state index contributed by atoms with van der Waals surface area (Å²) in [6, 6.07) is 0. The molecule has 1 saturated heterocycles. The molecule has 0 radical (unpaired) electrons. The highest BCUT2D eigenvalue weighted by molar-refractivity contribution is 14.0. The van der Waals surface area contributed by atoms with E-state index in [0.29, 0.717) is 13.1 Å². The average Bonchev–Trinajstić information content (AvgIpc) is 2.97. The SMILES string of the molecule is CN=C(NCCCCSC)N1CCN(c2cnn(C)c2)C(=O)C1.I. The van der Waals surface area contributed by atoms with Crippen LogP contribution in [0.25, 0.3) is 0 Å². The molecule has 0 aliphatic carbocycles. The Morgan fingerprint density at radius 3 is 2.79 bits per heavy atom. The predicted octanol–water partition coefficient (Wildman–Crippen LogP) is 1.41. The summed E-state index contributed by atoms with van der Waals surface area (Å²) >= 11 is 1.87. The number of amides is 1. The van der Waals surface area contributed by atoms with Crippen molar-refractivity contribution in [3.8, 4) is 0 Å². The first-order chi connectivity index (χ1) is 11.2. The number of anilines is 1. The van der Waals surface area contributed by atoms with E-state index in [9.17, 15) is 4.79 Å². The van der Waals surface area contributed by atoms with E-state index in [1.807, 2.05) is 29.9 Å². The molecule has 0 unspecified atom stereocenters. The van der Waals surface area contributed by atoms with Crippen molar-refractivity contribution in [3.05, 3.63) is 12.4 Å². The molecular weight excluding hydrogens is 439 g/mol. The van der Waals surface area contributed by atoms with Gasteiger partial charge in [0.15, 0.2) is 5.96 Å². The van der Waals surface area contributed by atoms with Gasteiger partial charge in [-0.2, -0.15) is 16.9 Å². The minimum absolute atomic E-state index is 0. The van der Waals surface area contributed by atoms with Crippen LogP contribution in [0.3, 0.4) is 0 Å². The van der Waals surface area contributed by atoms with Crippen molar-refractivity contribution in [3.63, 3.8) is 0 Å². The first-order valence-corrected chi connectivity index (χ1v) is 9.28. The van der Waals surface area contributed by atoms with E-state index in [1.165, 1.54) is 12.2 Å². The molecule has 9 heteroatoms. The molecule has 1 N–H and O–H groups in total. The summed E-state index contributed by atoms with van der Waals surface area (Å²) in [4.78, 5) is 20.5. The van der Waals surface area contributed by atoms with E-state index in [2.05, 4.69) is 21.7 Å². The number of carbonyl (C=O) groups excluding carboxylic acids is 1. The summed E-state index contributed by atoms with van der Waals surface area (Å²) in [6.07, 6.45) is 8.03. The topological polar surface area (TPSA) is 65.8 Å². The van der Waals surface area contributed by atoms with Crippen LogP contribution in [0.5, 0.6) is 0 Å². The lowest BCUT2D eigenvalue weighted by atomic mass is 10.3. The Balaban J connectivity index is 0.00000288. The summed E-state index contributed by atoms with van der Waals surface area (Å²) in [5.41, 5.74) is 0.858. The molecule has 2 heterocycles. The number of halogens is 1. The third kappa shape index (κ3) is 5.83. The molecule has 7 nitrogen and oxygen atoms in total. The number of piperazine rings is 1. The molecule has 0 saturated carbocycles. The van der Waals surface area contributed by atoms with Gasteiger partial charge >= 0.3 is 0 Å². The average molecular weight is 466 g/mol. The second kappa shape index (κ2) is 10.8. The molecule has 0 atom stereocenters. The van der Waals surface area contributed by atoms with E-state index in [-0.39, 0.29) is 29.9 Å². The Hall–Kier alpha value is -0.970. The Bertz CT molecular complexity index is 550. The summed E-state index contributed by atoms with van der Waals surface area (Å²) in [7, 11) is 3.62. The van der Waals surface area contributed by atoms with E-state index in [4.69, 9.17) is 0 Å². The Morgan fingerprint density at radius 1 is 1.42 bits per heavy atom. The maximum absolute atomic E-state index is 12.4. The largest absolute Gasteiger partial charge is 0.356 e. The second-order valence-corrected chi connectivity index (χ2v) is 6.50. The molecule has 1 aliphatic heterocycles.